The minimum atomic E-state index is -1.04. The molecule has 2 rings (SSSR count). The van der Waals surface area contributed by atoms with E-state index in [1.807, 2.05) is 36.0 Å². The molecule has 8 heteroatoms. The average Bonchev–Trinajstić information content (AvgIpc) is 2.47. The summed E-state index contributed by atoms with van der Waals surface area (Å²) >= 11 is 7.75. The van der Waals surface area contributed by atoms with Crippen molar-refractivity contribution >= 4 is 47.6 Å². The summed E-state index contributed by atoms with van der Waals surface area (Å²) in [5, 5.41) is 11.7. The molecule has 1 unspecified atom stereocenters. The maximum atomic E-state index is 11.8. The van der Waals surface area contributed by atoms with Gasteiger partial charge in [0.15, 0.2) is 0 Å². The highest BCUT2D eigenvalue weighted by molar-refractivity contribution is 7.99. The summed E-state index contributed by atoms with van der Waals surface area (Å²) in [7, 11) is 0. The maximum Gasteiger partial charge on any atom is 0.322 e. The van der Waals surface area contributed by atoms with Gasteiger partial charge in [-0.1, -0.05) is 23.7 Å². The van der Waals surface area contributed by atoms with E-state index < -0.39 is 5.97 Å². The lowest BCUT2D eigenvalue weighted by molar-refractivity contribution is -0.138. The van der Waals surface area contributed by atoms with Gasteiger partial charge in [0.05, 0.1) is 6.54 Å². The molecule has 1 atom stereocenters. The topological polar surface area (TPSA) is 69.6 Å². The number of halogens is 2. The number of rotatable bonds is 5. The van der Waals surface area contributed by atoms with Crippen molar-refractivity contribution in [3.8, 4) is 0 Å². The number of carbonyl (C=O) groups excluding carboxylic acids is 1. The molecule has 0 bridgehead atoms. The number of nitrogens with zero attached hydrogens (tertiary/aromatic N) is 1. The lowest BCUT2D eigenvalue weighted by atomic mass is 10.1. The quantitative estimate of drug-likeness (QED) is 0.836. The molecule has 0 aromatic heterocycles. The molecule has 22 heavy (non-hydrogen) atoms. The first-order valence-electron chi connectivity index (χ1n) is 6.62. The predicted molar refractivity (Wildman–Crippen MR) is 91.0 cm³/mol. The fourth-order valence-corrected chi connectivity index (χ4v) is 3.52. The summed E-state index contributed by atoms with van der Waals surface area (Å²) in [6.45, 7) is 0.673. The molecule has 1 fully saturated rings. The Labute approximate surface area is 144 Å². The van der Waals surface area contributed by atoms with Crippen LogP contribution < -0.4 is 5.32 Å². The highest BCUT2D eigenvalue weighted by Crippen LogP contribution is 2.29. The number of carbonyl (C=O) groups is 2. The van der Waals surface area contributed by atoms with E-state index in [0.29, 0.717) is 5.02 Å². The molecule has 0 aliphatic carbocycles. The largest absolute Gasteiger partial charge is 0.480 e. The Kier molecular flexibility index (Phi) is 8.03. The van der Waals surface area contributed by atoms with Crippen molar-refractivity contribution in [2.24, 2.45) is 0 Å². The zero-order valence-corrected chi connectivity index (χ0v) is 14.2. The normalized spacial score (nSPS) is 18.3. The van der Waals surface area contributed by atoms with Gasteiger partial charge in [-0.15, -0.1) is 12.4 Å². The van der Waals surface area contributed by atoms with Gasteiger partial charge in [-0.3, -0.25) is 14.5 Å². The molecule has 1 saturated heterocycles. The number of benzene rings is 1. The van der Waals surface area contributed by atoms with Crippen LogP contribution in [0, 0.1) is 0 Å². The summed E-state index contributed by atoms with van der Waals surface area (Å²) in [5.41, 5.74) is 1.12. The van der Waals surface area contributed by atoms with E-state index in [-0.39, 0.29) is 37.4 Å². The number of thioether (sulfide) groups is 1. The Hall–Kier alpha value is -0.950. The van der Waals surface area contributed by atoms with Crippen LogP contribution >= 0.6 is 35.8 Å². The molecule has 1 aromatic rings. The van der Waals surface area contributed by atoms with Crippen molar-refractivity contribution < 1.29 is 14.7 Å². The summed E-state index contributed by atoms with van der Waals surface area (Å²) in [6, 6.07) is 7.79. The van der Waals surface area contributed by atoms with E-state index in [1.165, 1.54) is 0 Å². The fourth-order valence-electron chi connectivity index (χ4n) is 2.23. The molecule has 1 aromatic carbocycles. The second-order valence-corrected chi connectivity index (χ2v) is 6.37. The minimum Gasteiger partial charge on any atom is -0.480 e. The fraction of sp³-hybridized carbons (Fsp3) is 0.429. The van der Waals surface area contributed by atoms with Crippen molar-refractivity contribution in [1.29, 1.82) is 0 Å². The lowest BCUT2D eigenvalue weighted by Crippen LogP contribution is -2.44. The molecule has 1 amide bonds. The molecule has 1 heterocycles. The number of nitrogens with one attached hydrogen (secondary N) is 1. The Morgan fingerprint density at radius 1 is 1.36 bits per heavy atom. The zero-order valence-electron chi connectivity index (χ0n) is 11.8. The van der Waals surface area contributed by atoms with Crippen LogP contribution in [0.2, 0.25) is 5.02 Å². The van der Waals surface area contributed by atoms with Gasteiger partial charge in [0.1, 0.15) is 6.54 Å². The number of carboxylic acid groups (broad SMARTS) is 1. The Morgan fingerprint density at radius 3 is 2.68 bits per heavy atom. The molecule has 5 nitrogen and oxygen atoms in total. The molecule has 1 aliphatic heterocycles. The molecular weight excluding hydrogens is 347 g/mol. The van der Waals surface area contributed by atoms with E-state index in [9.17, 15) is 9.59 Å². The molecule has 0 spiro atoms. The second-order valence-electron chi connectivity index (χ2n) is 4.78. The van der Waals surface area contributed by atoms with Gasteiger partial charge >= 0.3 is 5.97 Å². The van der Waals surface area contributed by atoms with Crippen molar-refractivity contribution in [3.63, 3.8) is 0 Å². The number of aliphatic carboxylic acids is 1. The molecule has 1 aliphatic rings. The van der Waals surface area contributed by atoms with Crippen LogP contribution in [0.3, 0.4) is 0 Å². The smallest absolute Gasteiger partial charge is 0.322 e. The van der Waals surface area contributed by atoms with Crippen LogP contribution in [-0.4, -0.2) is 53.0 Å². The van der Waals surface area contributed by atoms with Crippen LogP contribution in [0.15, 0.2) is 24.3 Å². The van der Waals surface area contributed by atoms with Gasteiger partial charge in [0, 0.05) is 29.1 Å². The van der Waals surface area contributed by atoms with Crippen molar-refractivity contribution in [2.45, 2.75) is 6.04 Å². The van der Waals surface area contributed by atoms with E-state index in [0.717, 1.165) is 23.6 Å². The Bertz CT molecular complexity index is 513. The number of hydrogen-bond acceptors (Lipinski definition) is 4. The van der Waals surface area contributed by atoms with Gasteiger partial charge < -0.3 is 10.4 Å². The van der Waals surface area contributed by atoms with E-state index in [1.54, 1.807) is 0 Å². The maximum absolute atomic E-state index is 11.8. The van der Waals surface area contributed by atoms with Crippen LogP contribution in [0.25, 0.3) is 0 Å². The van der Waals surface area contributed by atoms with E-state index >= 15 is 0 Å². The standard InChI is InChI=1S/C14H17ClN2O3S.ClH/c15-11-3-1-10(2-4-11)12-9-21-6-5-17(12)8-13(18)16-7-14(19)20;/h1-4,12H,5-9H2,(H,16,18)(H,19,20);1H. The Morgan fingerprint density at radius 2 is 2.05 bits per heavy atom. The van der Waals surface area contributed by atoms with Crippen LogP contribution in [0.4, 0.5) is 0 Å². The second kappa shape index (κ2) is 9.25. The third-order valence-electron chi connectivity index (χ3n) is 3.28. The zero-order chi connectivity index (χ0) is 15.2. The Balaban J connectivity index is 0.00000242. The van der Waals surface area contributed by atoms with Gasteiger partial charge in [-0.25, -0.2) is 0 Å². The predicted octanol–water partition coefficient (Wildman–Crippen LogP) is 2.05. The number of hydrogen-bond donors (Lipinski definition) is 2. The first kappa shape index (κ1) is 19.1. The molecule has 122 valence electrons. The minimum absolute atomic E-state index is 0. The van der Waals surface area contributed by atoms with E-state index in [2.05, 4.69) is 10.2 Å². The van der Waals surface area contributed by atoms with Gasteiger partial charge in [-0.2, -0.15) is 11.8 Å². The lowest BCUT2D eigenvalue weighted by Gasteiger charge is -2.35. The average molecular weight is 365 g/mol. The number of amides is 1. The van der Waals surface area contributed by atoms with Gasteiger partial charge in [0.25, 0.3) is 0 Å². The SMILES string of the molecule is Cl.O=C(O)CNC(=O)CN1CCSCC1c1ccc(Cl)cc1. The van der Waals surface area contributed by atoms with Crippen LogP contribution in [0.5, 0.6) is 0 Å². The highest BCUT2D eigenvalue weighted by atomic mass is 35.5. The van der Waals surface area contributed by atoms with E-state index in [4.69, 9.17) is 16.7 Å². The third-order valence-corrected chi connectivity index (χ3v) is 4.55. The highest BCUT2D eigenvalue weighted by Gasteiger charge is 2.26. The summed E-state index contributed by atoms with van der Waals surface area (Å²) in [5.74, 6) is 0.583. The molecule has 0 radical (unpaired) electrons. The van der Waals surface area contributed by atoms with Crippen molar-refractivity contribution in [2.75, 3.05) is 31.1 Å². The monoisotopic (exact) mass is 364 g/mol. The number of carboxylic acids is 1. The molecule has 0 saturated carbocycles. The van der Waals surface area contributed by atoms with Crippen LogP contribution in [0.1, 0.15) is 11.6 Å². The first-order chi connectivity index (χ1) is 10.1. The van der Waals surface area contributed by atoms with Crippen molar-refractivity contribution in [1.82, 2.24) is 10.2 Å². The van der Waals surface area contributed by atoms with Gasteiger partial charge in [0.2, 0.25) is 5.91 Å². The van der Waals surface area contributed by atoms with Gasteiger partial charge in [-0.05, 0) is 17.7 Å². The third kappa shape index (κ3) is 5.68. The molecular formula is C14H18Cl2N2O3S. The molecule has 2 N–H and O–H groups in total. The summed E-state index contributed by atoms with van der Waals surface area (Å²) in [6.07, 6.45) is 0. The first-order valence-corrected chi connectivity index (χ1v) is 8.15. The summed E-state index contributed by atoms with van der Waals surface area (Å²) in [4.78, 5) is 24.4. The van der Waals surface area contributed by atoms with Crippen LogP contribution in [-0.2, 0) is 9.59 Å². The summed E-state index contributed by atoms with van der Waals surface area (Å²) < 4.78 is 0. The van der Waals surface area contributed by atoms with Crippen molar-refractivity contribution in [3.05, 3.63) is 34.9 Å².